The molecule has 0 saturated heterocycles. The number of halogens is 1. The second-order valence-corrected chi connectivity index (χ2v) is 4.91. The molecule has 0 N–H and O–H groups in total. The van der Waals surface area contributed by atoms with Crippen LogP contribution in [0.1, 0.15) is 33.2 Å². The summed E-state index contributed by atoms with van der Waals surface area (Å²) in [7, 11) is 1.51. The molecule has 1 aromatic heterocycles. The SMILES string of the molecule is COc1ccc(C(C)=O)cc1COC(=O)c1ccnc(Cl)c1. The minimum Gasteiger partial charge on any atom is -0.496 e. The van der Waals surface area contributed by atoms with Crippen LogP contribution in [0.15, 0.2) is 36.5 Å². The predicted octanol–water partition coefficient (Wildman–Crippen LogP) is 3.30. The topological polar surface area (TPSA) is 65.5 Å². The maximum absolute atomic E-state index is 12.0. The van der Waals surface area contributed by atoms with Crippen molar-refractivity contribution in [1.82, 2.24) is 4.98 Å². The summed E-state index contributed by atoms with van der Waals surface area (Å²) in [5.41, 5.74) is 1.45. The molecule has 22 heavy (non-hydrogen) atoms. The van der Waals surface area contributed by atoms with E-state index >= 15 is 0 Å². The van der Waals surface area contributed by atoms with E-state index in [-0.39, 0.29) is 17.5 Å². The van der Waals surface area contributed by atoms with Gasteiger partial charge in [-0.25, -0.2) is 9.78 Å². The van der Waals surface area contributed by atoms with Crippen molar-refractivity contribution >= 4 is 23.4 Å². The Kier molecular flexibility index (Phi) is 5.12. The van der Waals surface area contributed by atoms with Crippen LogP contribution in [-0.4, -0.2) is 23.8 Å². The highest BCUT2D eigenvalue weighted by atomic mass is 35.5. The van der Waals surface area contributed by atoms with Crippen molar-refractivity contribution in [3.8, 4) is 5.75 Å². The standard InChI is InChI=1S/C16H14ClNO4/c1-10(19)11-3-4-14(21-2)13(7-11)9-22-16(20)12-5-6-18-15(17)8-12/h3-8H,9H2,1-2H3. The number of hydrogen-bond acceptors (Lipinski definition) is 5. The molecule has 2 rings (SSSR count). The van der Waals surface area contributed by atoms with Crippen molar-refractivity contribution in [2.45, 2.75) is 13.5 Å². The van der Waals surface area contributed by atoms with Gasteiger partial charge in [-0.05, 0) is 37.3 Å². The predicted molar refractivity (Wildman–Crippen MR) is 81.4 cm³/mol. The smallest absolute Gasteiger partial charge is 0.338 e. The first-order valence-electron chi connectivity index (χ1n) is 6.48. The number of carbonyl (C=O) groups is 2. The minimum absolute atomic E-state index is 0.0108. The summed E-state index contributed by atoms with van der Waals surface area (Å²) < 4.78 is 10.4. The van der Waals surface area contributed by atoms with Gasteiger partial charge in [0.15, 0.2) is 5.78 Å². The lowest BCUT2D eigenvalue weighted by molar-refractivity contribution is 0.0470. The van der Waals surface area contributed by atoms with Crippen LogP contribution in [0, 0.1) is 0 Å². The van der Waals surface area contributed by atoms with Gasteiger partial charge in [0.05, 0.1) is 12.7 Å². The molecule has 0 spiro atoms. The Morgan fingerprint density at radius 1 is 1.18 bits per heavy atom. The van der Waals surface area contributed by atoms with E-state index in [0.29, 0.717) is 22.4 Å². The van der Waals surface area contributed by atoms with Crippen LogP contribution in [0.3, 0.4) is 0 Å². The van der Waals surface area contributed by atoms with Gasteiger partial charge in [-0.2, -0.15) is 0 Å². The van der Waals surface area contributed by atoms with E-state index in [2.05, 4.69) is 4.98 Å². The summed E-state index contributed by atoms with van der Waals surface area (Å²) in [6, 6.07) is 7.91. The molecule has 6 heteroatoms. The van der Waals surface area contributed by atoms with Crippen molar-refractivity contribution < 1.29 is 19.1 Å². The largest absolute Gasteiger partial charge is 0.496 e. The monoisotopic (exact) mass is 319 g/mol. The molecule has 0 amide bonds. The molecule has 0 radical (unpaired) electrons. The van der Waals surface area contributed by atoms with Crippen LogP contribution in [0.4, 0.5) is 0 Å². The molecule has 0 saturated carbocycles. The number of aromatic nitrogens is 1. The number of rotatable bonds is 5. The van der Waals surface area contributed by atoms with Gasteiger partial charge in [-0.15, -0.1) is 0 Å². The molecule has 1 heterocycles. The van der Waals surface area contributed by atoms with Crippen molar-refractivity contribution in [3.05, 3.63) is 58.4 Å². The van der Waals surface area contributed by atoms with Crippen LogP contribution < -0.4 is 4.74 Å². The summed E-state index contributed by atoms with van der Waals surface area (Å²) in [5.74, 6) is -0.0544. The molecule has 0 aliphatic rings. The number of hydrogen-bond donors (Lipinski definition) is 0. The first kappa shape index (κ1) is 16.0. The maximum atomic E-state index is 12.0. The molecule has 2 aromatic rings. The molecule has 0 aliphatic carbocycles. The summed E-state index contributed by atoms with van der Waals surface area (Å²) in [5, 5.41) is 0.214. The normalized spacial score (nSPS) is 10.1. The average molecular weight is 320 g/mol. The molecule has 114 valence electrons. The van der Waals surface area contributed by atoms with E-state index < -0.39 is 5.97 Å². The number of ketones is 1. The first-order valence-corrected chi connectivity index (χ1v) is 6.85. The highest BCUT2D eigenvalue weighted by Gasteiger charge is 2.12. The highest BCUT2D eigenvalue weighted by molar-refractivity contribution is 6.29. The fourth-order valence-corrected chi connectivity index (χ4v) is 2.04. The van der Waals surface area contributed by atoms with Gasteiger partial charge < -0.3 is 9.47 Å². The lowest BCUT2D eigenvalue weighted by atomic mass is 10.1. The average Bonchev–Trinajstić information content (AvgIpc) is 2.52. The van der Waals surface area contributed by atoms with E-state index in [9.17, 15) is 9.59 Å². The van der Waals surface area contributed by atoms with Gasteiger partial charge >= 0.3 is 5.97 Å². The van der Waals surface area contributed by atoms with Crippen LogP contribution in [-0.2, 0) is 11.3 Å². The van der Waals surface area contributed by atoms with Crippen LogP contribution >= 0.6 is 11.6 Å². The van der Waals surface area contributed by atoms with Gasteiger partial charge in [-0.1, -0.05) is 11.6 Å². The second kappa shape index (κ2) is 7.04. The third kappa shape index (κ3) is 3.83. The van der Waals surface area contributed by atoms with E-state index in [4.69, 9.17) is 21.1 Å². The molecule has 5 nitrogen and oxygen atoms in total. The Bertz CT molecular complexity index is 715. The van der Waals surface area contributed by atoms with Crippen LogP contribution in [0.25, 0.3) is 0 Å². The summed E-state index contributed by atoms with van der Waals surface area (Å²) in [4.78, 5) is 27.2. The lowest BCUT2D eigenvalue weighted by Gasteiger charge is -2.10. The van der Waals surface area contributed by atoms with E-state index in [0.717, 1.165) is 0 Å². The van der Waals surface area contributed by atoms with Gasteiger partial charge in [0.2, 0.25) is 0 Å². The molecule has 0 fully saturated rings. The number of ether oxygens (including phenoxy) is 2. The Hall–Kier alpha value is -2.40. The van der Waals surface area contributed by atoms with Crippen LogP contribution in [0.5, 0.6) is 5.75 Å². The summed E-state index contributed by atoms with van der Waals surface area (Å²) in [6.07, 6.45) is 1.43. The number of methoxy groups -OCH3 is 1. The zero-order chi connectivity index (χ0) is 16.1. The zero-order valence-corrected chi connectivity index (χ0v) is 12.9. The third-order valence-electron chi connectivity index (χ3n) is 3.01. The molecule has 0 bridgehead atoms. The Labute approximate surface area is 132 Å². The summed E-state index contributed by atoms with van der Waals surface area (Å²) in [6.45, 7) is 1.46. The number of benzene rings is 1. The van der Waals surface area contributed by atoms with Crippen molar-refractivity contribution in [1.29, 1.82) is 0 Å². The summed E-state index contributed by atoms with van der Waals surface area (Å²) >= 11 is 5.73. The number of Topliss-reactive ketones (excluding diaryl/α,β-unsaturated/α-hetero) is 1. The molecular weight excluding hydrogens is 306 g/mol. The number of nitrogens with zero attached hydrogens (tertiary/aromatic N) is 1. The maximum Gasteiger partial charge on any atom is 0.338 e. The Balaban J connectivity index is 2.15. The Morgan fingerprint density at radius 2 is 1.95 bits per heavy atom. The quantitative estimate of drug-likeness (QED) is 0.480. The first-order chi connectivity index (χ1) is 10.5. The van der Waals surface area contributed by atoms with E-state index in [1.54, 1.807) is 18.2 Å². The lowest BCUT2D eigenvalue weighted by Crippen LogP contribution is -2.07. The zero-order valence-electron chi connectivity index (χ0n) is 12.1. The fraction of sp³-hybridized carbons (Fsp3) is 0.188. The molecule has 0 atom stereocenters. The van der Waals surface area contributed by atoms with E-state index in [1.165, 1.54) is 32.4 Å². The highest BCUT2D eigenvalue weighted by Crippen LogP contribution is 2.21. The number of carbonyl (C=O) groups excluding carboxylic acids is 2. The van der Waals surface area contributed by atoms with Gasteiger partial charge in [0, 0.05) is 17.3 Å². The molecule has 0 unspecified atom stereocenters. The van der Waals surface area contributed by atoms with Crippen molar-refractivity contribution in [3.63, 3.8) is 0 Å². The van der Waals surface area contributed by atoms with E-state index in [1.807, 2.05) is 0 Å². The second-order valence-electron chi connectivity index (χ2n) is 4.53. The van der Waals surface area contributed by atoms with Gasteiger partial charge in [0.25, 0.3) is 0 Å². The van der Waals surface area contributed by atoms with Crippen molar-refractivity contribution in [2.75, 3.05) is 7.11 Å². The van der Waals surface area contributed by atoms with Crippen LogP contribution in [0.2, 0.25) is 5.15 Å². The third-order valence-corrected chi connectivity index (χ3v) is 3.21. The molecule has 1 aromatic carbocycles. The minimum atomic E-state index is -0.528. The van der Waals surface area contributed by atoms with Crippen molar-refractivity contribution in [2.24, 2.45) is 0 Å². The van der Waals surface area contributed by atoms with Gasteiger partial charge in [-0.3, -0.25) is 4.79 Å². The number of pyridine rings is 1. The molecular formula is C16H14ClNO4. The van der Waals surface area contributed by atoms with Gasteiger partial charge in [0.1, 0.15) is 17.5 Å². The molecule has 0 aliphatic heterocycles. The fourth-order valence-electron chi connectivity index (χ4n) is 1.87. The number of esters is 1. The Morgan fingerprint density at radius 3 is 2.59 bits per heavy atom.